The van der Waals surface area contributed by atoms with Gasteiger partial charge >= 0.3 is 5.97 Å². The lowest BCUT2D eigenvalue weighted by atomic mass is 9.94. The van der Waals surface area contributed by atoms with E-state index in [0.29, 0.717) is 17.9 Å². The topological polar surface area (TPSA) is 49.9 Å². The summed E-state index contributed by atoms with van der Waals surface area (Å²) in [5.41, 5.74) is 2.14. The Morgan fingerprint density at radius 1 is 1.16 bits per heavy atom. The van der Waals surface area contributed by atoms with Crippen molar-refractivity contribution in [1.29, 1.82) is 0 Å². The summed E-state index contributed by atoms with van der Waals surface area (Å²) in [6.07, 6.45) is -0.802. The number of hydrogen-bond donors (Lipinski definition) is 0. The molecule has 0 radical (unpaired) electrons. The van der Waals surface area contributed by atoms with Gasteiger partial charge in [-0.15, -0.1) is 11.8 Å². The van der Waals surface area contributed by atoms with E-state index in [9.17, 15) is 14.0 Å². The van der Waals surface area contributed by atoms with Crippen LogP contribution in [0, 0.1) is 12.7 Å². The number of aryl methyl sites for hydroxylation is 1. The van der Waals surface area contributed by atoms with Crippen LogP contribution in [0.3, 0.4) is 0 Å². The molecular weight excluding hydrogens is 415 g/mol. The highest BCUT2D eigenvalue weighted by Crippen LogP contribution is 2.45. The molecule has 2 aliphatic rings. The zero-order valence-corrected chi connectivity index (χ0v) is 19.0. The van der Waals surface area contributed by atoms with Crippen LogP contribution in [0.2, 0.25) is 0 Å². The van der Waals surface area contributed by atoms with E-state index in [1.807, 2.05) is 19.1 Å². The van der Waals surface area contributed by atoms with Crippen LogP contribution < -0.4 is 0 Å². The van der Waals surface area contributed by atoms with E-state index in [-0.39, 0.29) is 34.8 Å². The summed E-state index contributed by atoms with van der Waals surface area (Å²) in [5.74, 6) is -0.357. The van der Waals surface area contributed by atoms with E-state index < -0.39 is 6.10 Å². The minimum Gasteiger partial charge on any atom is -0.454 e. The molecule has 0 spiro atoms. The number of halogens is 1. The van der Waals surface area contributed by atoms with Gasteiger partial charge in [0.05, 0.1) is 11.3 Å². The molecule has 1 amide bonds. The fourth-order valence-corrected chi connectivity index (χ4v) is 5.34. The lowest BCUT2D eigenvalue weighted by Gasteiger charge is -2.57. The standard InChI is InChI=1S/C24H27FN2O3S/c1-15-6-5-7-17(12-15)23(29)30-19-13-26(24(2,3)4)21(19)27-20(28)14-31-22(27)16-8-10-18(25)11-9-16/h5-12,19,21-22H,13-14H2,1-4H3. The smallest absolute Gasteiger partial charge is 0.338 e. The Morgan fingerprint density at radius 3 is 2.52 bits per heavy atom. The van der Waals surface area contributed by atoms with Crippen molar-refractivity contribution in [3.05, 3.63) is 71.0 Å². The van der Waals surface area contributed by atoms with Gasteiger partial charge in [0.15, 0.2) is 0 Å². The zero-order valence-electron chi connectivity index (χ0n) is 18.2. The van der Waals surface area contributed by atoms with Crippen LogP contribution in [0.15, 0.2) is 48.5 Å². The Morgan fingerprint density at radius 2 is 1.87 bits per heavy atom. The highest BCUT2D eigenvalue weighted by molar-refractivity contribution is 8.00. The van der Waals surface area contributed by atoms with Gasteiger partial charge in [-0.1, -0.05) is 29.8 Å². The molecular formula is C24H27FN2O3S. The number of likely N-dealkylation sites (tertiary alicyclic amines) is 1. The number of amides is 1. The normalized spacial score (nSPS) is 24.2. The molecule has 2 saturated heterocycles. The average Bonchev–Trinajstić information content (AvgIpc) is 3.05. The van der Waals surface area contributed by atoms with Gasteiger partial charge in [-0.05, 0) is 57.5 Å². The van der Waals surface area contributed by atoms with Crippen molar-refractivity contribution in [3.63, 3.8) is 0 Å². The van der Waals surface area contributed by atoms with E-state index in [1.165, 1.54) is 23.9 Å². The SMILES string of the molecule is Cc1cccc(C(=O)OC2CN(C(C)(C)C)C2N2C(=O)CSC2c2ccc(F)cc2)c1. The van der Waals surface area contributed by atoms with Crippen molar-refractivity contribution in [3.8, 4) is 0 Å². The summed E-state index contributed by atoms with van der Waals surface area (Å²) in [6, 6.07) is 13.6. The molecule has 31 heavy (non-hydrogen) atoms. The maximum atomic E-state index is 13.4. The Bertz CT molecular complexity index is 989. The third-order valence-electron chi connectivity index (χ3n) is 5.75. The molecule has 4 rings (SSSR count). The molecule has 2 aliphatic heterocycles. The number of carbonyl (C=O) groups excluding carboxylic acids is 2. The second-order valence-electron chi connectivity index (χ2n) is 9.07. The van der Waals surface area contributed by atoms with Crippen molar-refractivity contribution < 1.29 is 18.7 Å². The van der Waals surface area contributed by atoms with Crippen LogP contribution in [0.25, 0.3) is 0 Å². The minimum atomic E-state index is -0.433. The van der Waals surface area contributed by atoms with Gasteiger partial charge in [0.25, 0.3) is 0 Å². The fraction of sp³-hybridized carbons (Fsp3) is 0.417. The molecule has 0 bridgehead atoms. The molecule has 3 atom stereocenters. The lowest BCUT2D eigenvalue weighted by Crippen LogP contribution is -2.73. The Kier molecular flexibility index (Phi) is 5.83. The van der Waals surface area contributed by atoms with Gasteiger partial charge in [0.2, 0.25) is 5.91 Å². The third kappa shape index (κ3) is 4.34. The predicted molar refractivity (Wildman–Crippen MR) is 119 cm³/mol. The predicted octanol–water partition coefficient (Wildman–Crippen LogP) is 4.37. The summed E-state index contributed by atoms with van der Waals surface area (Å²) < 4.78 is 19.3. The van der Waals surface area contributed by atoms with Crippen LogP contribution in [-0.2, 0) is 9.53 Å². The highest BCUT2D eigenvalue weighted by Gasteiger charge is 2.54. The summed E-state index contributed by atoms with van der Waals surface area (Å²) in [7, 11) is 0. The molecule has 0 N–H and O–H groups in total. The number of hydrogen-bond acceptors (Lipinski definition) is 5. The minimum absolute atomic E-state index is 0.00474. The number of carbonyl (C=O) groups is 2. The number of nitrogens with zero attached hydrogens (tertiary/aromatic N) is 2. The van der Waals surface area contributed by atoms with Crippen molar-refractivity contribution in [2.24, 2.45) is 0 Å². The first-order chi connectivity index (χ1) is 14.6. The number of rotatable bonds is 4. The fourth-order valence-electron chi connectivity index (χ4n) is 4.14. The molecule has 7 heteroatoms. The van der Waals surface area contributed by atoms with Gasteiger partial charge < -0.3 is 9.64 Å². The average molecular weight is 443 g/mol. The largest absolute Gasteiger partial charge is 0.454 e. The van der Waals surface area contributed by atoms with E-state index in [1.54, 1.807) is 29.2 Å². The first-order valence-electron chi connectivity index (χ1n) is 10.4. The van der Waals surface area contributed by atoms with Crippen molar-refractivity contribution in [2.75, 3.05) is 12.3 Å². The number of benzene rings is 2. The zero-order chi connectivity index (χ0) is 22.3. The molecule has 3 unspecified atom stereocenters. The quantitative estimate of drug-likeness (QED) is 0.658. The summed E-state index contributed by atoms with van der Waals surface area (Å²) >= 11 is 1.51. The number of ether oxygens (including phenoxy) is 1. The van der Waals surface area contributed by atoms with E-state index in [2.05, 4.69) is 25.7 Å². The number of thioether (sulfide) groups is 1. The van der Waals surface area contributed by atoms with Crippen LogP contribution >= 0.6 is 11.8 Å². The van der Waals surface area contributed by atoms with Gasteiger partial charge in [-0.2, -0.15) is 0 Å². The van der Waals surface area contributed by atoms with E-state index >= 15 is 0 Å². The molecule has 5 nitrogen and oxygen atoms in total. The van der Waals surface area contributed by atoms with Crippen molar-refractivity contribution >= 4 is 23.6 Å². The Balaban J connectivity index is 1.61. The van der Waals surface area contributed by atoms with Gasteiger partial charge in [0, 0.05) is 12.1 Å². The number of esters is 1. The van der Waals surface area contributed by atoms with Crippen LogP contribution in [-0.4, -0.2) is 51.8 Å². The van der Waals surface area contributed by atoms with Crippen molar-refractivity contribution in [2.45, 2.75) is 50.9 Å². The second-order valence-corrected chi connectivity index (χ2v) is 10.1. The molecule has 0 aromatic heterocycles. The van der Waals surface area contributed by atoms with Crippen LogP contribution in [0.4, 0.5) is 4.39 Å². The van der Waals surface area contributed by atoms with E-state index in [4.69, 9.17) is 4.74 Å². The molecule has 2 aromatic carbocycles. The monoisotopic (exact) mass is 442 g/mol. The van der Waals surface area contributed by atoms with Gasteiger partial charge in [-0.25, -0.2) is 9.18 Å². The first kappa shape index (κ1) is 21.8. The summed E-state index contributed by atoms with van der Waals surface area (Å²) in [6.45, 7) is 8.73. The Hall–Kier alpha value is -2.38. The third-order valence-corrected chi connectivity index (χ3v) is 6.98. The highest BCUT2D eigenvalue weighted by atomic mass is 32.2. The van der Waals surface area contributed by atoms with Gasteiger partial charge in [0.1, 0.15) is 23.5 Å². The molecule has 0 aliphatic carbocycles. The maximum absolute atomic E-state index is 13.4. The van der Waals surface area contributed by atoms with Crippen LogP contribution in [0.5, 0.6) is 0 Å². The summed E-state index contributed by atoms with van der Waals surface area (Å²) in [5, 5.41) is -0.247. The molecule has 2 aromatic rings. The maximum Gasteiger partial charge on any atom is 0.338 e. The molecule has 2 heterocycles. The first-order valence-corrected chi connectivity index (χ1v) is 11.4. The molecule has 164 valence electrons. The van der Waals surface area contributed by atoms with E-state index in [0.717, 1.165) is 11.1 Å². The lowest BCUT2D eigenvalue weighted by molar-refractivity contribution is -0.184. The summed E-state index contributed by atoms with van der Waals surface area (Å²) in [4.78, 5) is 29.7. The van der Waals surface area contributed by atoms with Gasteiger partial charge in [-0.3, -0.25) is 9.69 Å². The second kappa shape index (κ2) is 8.28. The van der Waals surface area contributed by atoms with Crippen molar-refractivity contribution in [1.82, 2.24) is 9.80 Å². The molecule has 2 fully saturated rings. The molecule has 0 saturated carbocycles. The Labute approximate surface area is 186 Å². The van der Waals surface area contributed by atoms with Crippen LogP contribution in [0.1, 0.15) is 47.6 Å².